The summed E-state index contributed by atoms with van der Waals surface area (Å²) in [5.41, 5.74) is 2.67. The zero-order valence-corrected chi connectivity index (χ0v) is 15.2. The van der Waals surface area contributed by atoms with Crippen LogP contribution >= 0.6 is 0 Å². The summed E-state index contributed by atoms with van der Waals surface area (Å²) >= 11 is 0. The number of hydrogen-bond donors (Lipinski definition) is 2. The molecule has 0 fully saturated rings. The second-order valence-electron chi connectivity index (χ2n) is 6.37. The van der Waals surface area contributed by atoms with Crippen LogP contribution < -0.4 is 10.6 Å². The maximum absolute atomic E-state index is 4.64. The number of nitrogens with one attached hydrogen (secondary N) is 2. The number of nitrogens with zero attached hydrogens (tertiary/aromatic N) is 6. The van der Waals surface area contributed by atoms with E-state index < -0.39 is 0 Å². The van der Waals surface area contributed by atoms with Gasteiger partial charge in [0.25, 0.3) is 0 Å². The number of anilines is 3. The lowest BCUT2D eigenvalue weighted by Crippen LogP contribution is -2.08. The van der Waals surface area contributed by atoms with E-state index >= 15 is 0 Å². The predicted octanol–water partition coefficient (Wildman–Crippen LogP) is 3.55. The van der Waals surface area contributed by atoms with E-state index in [4.69, 9.17) is 0 Å². The van der Waals surface area contributed by atoms with Crippen molar-refractivity contribution in [3.8, 4) is 0 Å². The van der Waals surface area contributed by atoms with Gasteiger partial charge in [0.15, 0.2) is 22.8 Å². The van der Waals surface area contributed by atoms with Gasteiger partial charge in [0, 0.05) is 25.0 Å². The van der Waals surface area contributed by atoms with Gasteiger partial charge in [-0.15, -0.1) is 0 Å². The largest absolute Gasteiger partial charge is 0.364 e. The average molecular weight is 360 g/mol. The Bertz CT molecular complexity index is 1030. The quantitative estimate of drug-likeness (QED) is 0.543. The van der Waals surface area contributed by atoms with Crippen molar-refractivity contribution in [2.24, 2.45) is 0 Å². The Morgan fingerprint density at radius 3 is 2.63 bits per heavy atom. The van der Waals surface area contributed by atoms with Gasteiger partial charge < -0.3 is 15.2 Å². The van der Waals surface area contributed by atoms with Crippen LogP contribution in [0.3, 0.4) is 0 Å². The third-order valence-electron chi connectivity index (χ3n) is 4.08. The highest BCUT2D eigenvalue weighted by atomic mass is 15.2. The maximum Gasteiger partial charge on any atom is 0.232 e. The van der Waals surface area contributed by atoms with E-state index in [-0.39, 0.29) is 6.04 Å². The van der Waals surface area contributed by atoms with E-state index in [9.17, 15) is 0 Å². The fourth-order valence-electron chi connectivity index (χ4n) is 2.73. The van der Waals surface area contributed by atoms with Crippen LogP contribution in [-0.4, -0.2) is 29.5 Å². The van der Waals surface area contributed by atoms with Crippen LogP contribution in [0.15, 0.2) is 55.2 Å². The van der Waals surface area contributed by atoms with E-state index in [0.717, 1.165) is 16.7 Å². The number of rotatable bonds is 6. The average Bonchev–Trinajstić information content (AvgIpc) is 3.12. The van der Waals surface area contributed by atoms with E-state index in [1.807, 2.05) is 22.8 Å². The molecule has 0 atom stereocenters. The minimum Gasteiger partial charge on any atom is -0.364 e. The Morgan fingerprint density at radius 2 is 1.89 bits per heavy atom. The zero-order chi connectivity index (χ0) is 18.6. The maximum atomic E-state index is 4.64. The van der Waals surface area contributed by atoms with Crippen LogP contribution in [-0.2, 0) is 6.54 Å². The van der Waals surface area contributed by atoms with E-state index in [1.165, 1.54) is 0 Å². The third kappa shape index (κ3) is 3.69. The smallest absolute Gasteiger partial charge is 0.232 e. The topological polar surface area (TPSA) is 93.4 Å². The minimum absolute atomic E-state index is 0.233. The lowest BCUT2D eigenvalue weighted by molar-refractivity contribution is 0.613. The minimum atomic E-state index is 0.233. The molecule has 1 aromatic carbocycles. The van der Waals surface area contributed by atoms with Crippen LogP contribution in [0, 0.1) is 0 Å². The number of hydrogen-bond acceptors (Lipinski definition) is 7. The van der Waals surface area contributed by atoms with Crippen LogP contribution in [0.4, 0.5) is 17.6 Å². The Kier molecular flexibility index (Phi) is 4.61. The molecule has 0 unspecified atom stereocenters. The highest BCUT2D eigenvalue weighted by Crippen LogP contribution is 2.24. The summed E-state index contributed by atoms with van der Waals surface area (Å²) in [6, 6.07) is 10.4. The first-order valence-corrected chi connectivity index (χ1v) is 8.76. The molecule has 2 N–H and O–H groups in total. The van der Waals surface area contributed by atoms with Crippen molar-refractivity contribution in [3.05, 3.63) is 60.8 Å². The van der Waals surface area contributed by atoms with Gasteiger partial charge >= 0.3 is 0 Å². The van der Waals surface area contributed by atoms with Crippen molar-refractivity contribution < 1.29 is 0 Å². The molecule has 0 bridgehead atoms. The standard InChI is InChI=1S/C19H20N8/c1-13(2)27-12-23-16-17(22-10-14-6-4-3-5-7-14)25-19(26-18(16)27)24-15-11-20-8-9-21-15/h3-9,11-13H,10H2,1-2H3,(H2,21,22,24,25,26). The molecule has 0 radical (unpaired) electrons. The van der Waals surface area contributed by atoms with Crippen molar-refractivity contribution in [1.82, 2.24) is 29.5 Å². The molecule has 0 saturated heterocycles. The van der Waals surface area contributed by atoms with Gasteiger partial charge in [-0.1, -0.05) is 30.3 Å². The fourth-order valence-corrected chi connectivity index (χ4v) is 2.73. The summed E-state index contributed by atoms with van der Waals surface area (Å²) in [6.45, 7) is 4.83. The molecule has 8 nitrogen and oxygen atoms in total. The molecule has 136 valence electrons. The van der Waals surface area contributed by atoms with E-state index in [0.29, 0.717) is 24.1 Å². The summed E-state index contributed by atoms with van der Waals surface area (Å²) in [4.78, 5) is 22.1. The van der Waals surface area contributed by atoms with Crippen LogP contribution in [0.5, 0.6) is 0 Å². The molecular weight excluding hydrogens is 340 g/mol. The second kappa shape index (κ2) is 7.36. The van der Waals surface area contributed by atoms with Crippen LogP contribution in [0.1, 0.15) is 25.5 Å². The van der Waals surface area contributed by atoms with Crippen molar-refractivity contribution >= 4 is 28.7 Å². The van der Waals surface area contributed by atoms with Crippen LogP contribution in [0.25, 0.3) is 11.2 Å². The molecule has 27 heavy (non-hydrogen) atoms. The molecule has 3 heterocycles. The molecular formula is C19H20N8. The zero-order valence-electron chi connectivity index (χ0n) is 15.2. The number of imidazole rings is 1. The molecule has 0 aliphatic carbocycles. The van der Waals surface area contributed by atoms with Gasteiger partial charge in [-0.2, -0.15) is 9.97 Å². The van der Waals surface area contributed by atoms with Gasteiger partial charge in [-0.25, -0.2) is 9.97 Å². The predicted molar refractivity (Wildman–Crippen MR) is 105 cm³/mol. The van der Waals surface area contributed by atoms with Gasteiger partial charge in [0.05, 0.1) is 12.5 Å². The molecule has 0 aliphatic rings. The first-order chi connectivity index (χ1) is 13.2. The van der Waals surface area contributed by atoms with E-state index in [2.05, 4.69) is 61.5 Å². The monoisotopic (exact) mass is 360 g/mol. The molecule has 0 amide bonds. The Hall–Kier alpha value is -3.55. The second-order valence-corrected chi connectivity index (χ2v) is 6.37. The summed E-state index contributed by atoms with van der Waals surface area (Å²) in [5, 5.41) is 6.49. The van der Waals surface area contributed by atoms with Crippen molar-refractivity contribution in [2.45, 2.75) is 26.4 Å². The summed E-state index contributed by atoms with van der Waals surface area (Å²) in [7, 11) is 0. The SMILES string of the molecule is CC(C)n1cnc2c(NCc3ccccc3)nc(Nc3cnccn3)nc21. The summed E-state index contributed by atoms with van der Waals surface area (Å²) in [6.07, 6.45) is 6.66. The summed E-state index contributed by atoms with van der Waals surface area (Å²) < 4.78 is 2.02. The van der Waals surface area contributed by atoms with Gasteiger partial charge in [0.2, 0.25) is 5.95 Å². The molecule has 0 spiro atoms. The Balaban J connectivity index is 1.71. The molecule has 0 aliphatic heterocycles. The molecule has 3 aromatic heterocycles. The highest BCUT2D eigenvalue weighted by Gasteiger charge is 2.15. The number of benzene rings is 1. The van der Waals surface area contributed by atoms with Crippen molar-refractivity contribution in [1.29, 1.82) is 0 Å². The van der Waals surface area contributed by atoms with Crippen LogP contribution in [0.2, 0.25) is 0 Å². The summed E-state index contributed by atoms with van der Waals surface area (Å²) in [5.74, 6) is 1.71. The highest BCUT2D eigenvalue weighted by molar-refractivity contribution is 5.84. The lowest BCUT2D eigenvalue weighted by Gasteiger charge is -2.11. The van der Waals surface area contributed by atoms with Gasteiger partial charge in [-0.3, -0.25) is 4.98 Å². The van der Waals surface area contributed by atoms with Gasteiger partial charge in [-0.05, 0) is 19.4 Å². The van der Waals surface area contributed by atoms with Gasteiger partial charge in [0.1, 0.15) is 0 Å². The van der Waals surface area contributed by atoms with Crippen molar-refractivity contribution in [2.75, 3.05) is 10.6 Å². The molecule has 4 aromatic rings. The first kappa shape index (κ1) is 16.9. The van der Waals surface area contributed by atoms with Crippen molar-refractivity contribution in [3.63, 3.8) is 0 Å². The molecule has 0 saturated carbocycles. The Morgan fingerprint density at radius 1 is 1.04 bits per heavy atom. The lowest BCUT2D eigenvalue weighted by atomic mass is 10.2. The molecule has 8 heteroatoms. The third-order valence-corrected chi connectivity index (χ3v) is 4.08. The van der Waals surface area contributed by atoms with E-state index in [1.54, 1.807) is 24.9 Å². The molecule has 4 rings (SSSR count). The fraction of sp³-hybridized carbons (Fsp3) is 0.211. The first-order valence-electron chi connectivity index (χ1n) is 8.76. The number of aromatic nitrogens is 6. The normalized spacial score (nSPS) is 11.1. The number of fused-ring (bicyclic) bond motifs is 1. The Labute approximate surface area is 156 Å².